The zero-order valence-corrected chi connectivity index (χ0v) is 15.3. The number of para-hydroxylation sites is 1. The SMILES string of the molecule is CC(Sc1nnc2c(n1)[nH]c1ccccc12)C(=O)NCc1ccc(F)cc1. The monoisotopic (exact) mass is 381 g/mol. The van der Waals surface area contributed by atoms with Gasteiger partial charge >= 0.3 is 0 Å². The topological polar surface area (TPSA) is 83.6 Å². The molecule has 1 unspecified atom stereocenters. The Bertz CT molecular complexity index is 1110. The van der Waals surface area contributed by atoms with Gasteiger partial charge in [0.2, 0.25) is 11.1 Å². The van der Waals surface area contributed by atoms with Gasteiger partial charge in [-0.25, -0.2) is 9.37 Å². The van der Waals surface area contributed by atoms with Crippen LogP contribution in [0.15, 0.2) is 53.7 Å². The van der Waals surface area contributed by atoms with Crippen molar-refractivity contribution in [1.29, 1.82) is 0 Å². The van der Waals surface area contributed by atoms with Gasteiger partial charge in [0.05, 0.1) is 5.25 Å². The molecule has 0 spiro atoms. The van der Waals surface area contributed by atoms with Crippen LogP contribution in [0.1, 0.15) is 12.5 Å². The van der Waals surface area contributed by atoms with Crippen molar-refractivity contribution in [3.63, 3.8) is 0 Å². The summed E-state index contributed by atoms with van der Waals surface area (Å²) in [5.41, 5.74) is 3.14. The molecule has 8 heteroatoms. The predicted molar refractivity (Wildman–Crippen MR) is 103 cm³/mol. The van der Waals surface area contributed by atoms with Gasteiger partial charge < -0.3 is 10.3 Å². The van der Waals surface area contributed by atoms with E-state index in [0.717, 1.165) is 16.5 Å². The maximum absolute atomic E-state index is 12.9. The van der Waals surface area contributed by atoms with Gasteiger partial charge in [0, 0.05) is 17.4 Å². The van der Waals surface area contributed by atoms with Crippen LogP contribution in [0.3, 0.4) is 0 Å². The largest absolute Gasteiger partial charge is 0.351 e. The number of hydrogen-bond acceptors (Lipinski definition) is 5. The Hall–Kier alpha value is -3.00. The van der Waals surface area contributed by atoms with E-state index in [0.29, 0.717) is 22.9 Å². The summed E-state index contributed by atoms with van der Waals surface area (Å²) in [6.45, 7) is 2.12. The van der Waals surface area contributed by atoms with E-state index < -0.39 is 5.25 Å². The van der Waals surface area contributed by atoms with Gasteiger partial charge in [-0.15, -0.1) is 10.2 Å². The van der Waals surface area contributed by atoms with Crippen LogP contribution in [0.25, 0.3) is 22.1 Å². The highest BCUT2D eigenvalue weighted by Gasteiger charge is 2.17. The molecule has 0 radical (unpaired) electrons. The molecule has 6 nitrogen and oxygen atoms in total. The number of H-pyrrole nitrogens is 1. The standard InChI is InChI=1S/C19H16FN5OS/c1-11(18(26)21-10-12-6-8-13(20)9-7-12)27-19-23-17-16(24-25-19)14-4-2-3-5-15(14)22-17/h2-9,11H,10H2,1H3,(H,21,26)(H,22,23,25). The van der Waals surface area contributed by atoms with Crippen molar-refractivity contribution in [3.8, 4) is 0 Å². The minimum atomic E-state index is -0.394. The Morgan fingerprint density at radius 2 is 1.96 bits per heavy atom. The number of fused-ring (bicyclic) bond motifs is 3. The normalized spacial score (nSPS) is 12.4. The Balaban J connectivity index is 1.43. The lowest BCUT2D eigenvalue weighted by Crippen LogP contribution is -2.30. The summed E-state index contributed by atoms with van der Waals surface area (Å²) in [6.07, 6.45) is 0. The summed E-state index contributed by atoms with van der Waals surface area (Å²) >= 11 is 1.24. The minimum Gasteiger partial charge on any atom is -0.351 e. The number of halogens is 1. The lowest BCUT2D eigenvalue weighted by atomic mass is 10.2. The second-order valence-corrected chi connectivity index (χ2v) is 7.37. The third-order valence-corrected chi connectivity index (χ3v) is 5.09. The van der Waals surface area contributed by atoms with Crippen LogP contribution in [-0.4, -0.2) is 31.3 Å². The van der Waals surface area contributed by atoms with Crippen molar-refractivity contribution in [2.24, 2.45) is 0 Å². The van der Waals surface area contributed by atoms with Crippen LogP contribution in [0.5, 0.6) is 0 Å². The molecule has 0 aliphatic rings. The van der Waals surface area contributed by atoms with E-state index in [4.69, 9.17) is 0 Å². The molecule has 2 aromatic heterocycles. The summed E-state index contributed by atoms with van der Waals surface area (Å²) in [4.78, 5) is 20.0. The highest BCUT2D eigenvalue weighted by molar-refractivity contribution is 8.00. The third-order valence-electron chi connectivity index (χ3n) is 4.13. The summed E-state index contributed by atoms with van der Waals surface area (Å²) < 4.78 is 12.9. The fourth-order valence-electron chi connectivity index (χ4n) is 2.70. The number of carbonyl (C=O) groups is 1. The fourth-order valence-corrected chi connectivity index (χ4v) is 3.44. The molecule has 4 aromatic rings. The maximum atomic E-state index is 12.9. The van der Waals surface area contributed by atoms with Crippen molar-refractivity contribution < 1.29 is 9.18 Å². The van der Waals surface area contributed by atoms with Crippen LogP contribution in [-0.2, 0) is 11.3 Å². The van der Waals surface area contributed by atoms with Gasteiger partial charge in [-0.3, -0.25) is 4.79 Å². The smallest absolute Gasteiger partial charge is 0.233 e. The van der Waals surface area contributed by atoms with Gasteiger partial charge in [0.1, 0.15) is 11.3 Å². The van der Waals surface area contributed by atoms with Crippen LogP contribution in [0.4, 0.5) is 4.39 Å². The lowest BCUT2D eigenvalue weighted by molar-refractivity contribution is -0.120. The Morgan fingerprint density at radius 3 is 2.78 bits per heavy atom. The van der Waals surface area contributed by atoms with Gasteiger partial charge in [0.25, 0.3) is 0 Å². The molecule has 1 amide bonds. The van der Waals surface area contributed by atoms with Crippen molar-refractivity contribution in [2.75, 3.05) is 0 Å². The molecule has 27 heavy (non-hydrogen) atoms. The summed E-state index contributed by atoms with van der Waals surface area (Å²) in [5, 5.41) is 12.2. The summed E-state index contributed by atoms with van der Waals surface area (Å²) in [5.74, 6) is -0.448. The van der Waals surface area contributed by atoms with E-state index in [1.54, 1.807) is 19.1 Å². The summed E-state index contributed by atoms with van der Waals surface area (Å²) in [6, 6.07) is 13.8. The number of rotatable bonds is 5. The Morgan fingerprint density at radius 1 is 1.19 bits per heavy atom. The molecule has 0 aliphatic carbocycles. The van der Waals surface area contributed by atoms with Crippen molar-refractivity contribution in [1.82, 2.24) is 25.5 Å². The molecule has 0 saturated carbocycles. The van der Waals surface area contributed by atoms with E-state index in [1.165, 1.54) is 23.9 Å². The Kier molecular flexibility index (Phi) is 4.72. The van der Waals surface area contributed by atoms with Crippen molar-refractivity contribution in [2.45, 2.75) is 23.9 Å². The molecule has 0 aliphatic heterocycles. The molecular weight excluding hydrogens is 365 g/mol. The van der Waals surface area contributed by atoms with Gasteiger partial charge in [-0.1, -0.05) is 42.1 Å². The number of thioether (sulfide) groups is 1. The van der Waals surface area contributed by atoms with Gasteiger partial charge in [-0.2, -0.15) is 0 Å². The Labute approximate surface area is 158 Å². The number of aromatic amines is 1. The minimum absolute atomic E-state index is 0.148. The lowest BCUT2D eigenvalue weighted by Gasteiger charge is -2.10. The van der Waals surface area contributed by atoms with E-state index >= 15 is 0 Å². The average Bonchev–Trinajstić information content (AvgIpc) is 3.05. The van der Waals surface area contributed by atoms with Gasteiger partial charge in [-0.05, 0) is 30.7 Å². The molecule has 2 N–H and O–H groups in total. The van der Waals surface area contributed by atoms with E-state index in [9.17, 15) is 9.18 Å². The first-order valence-corrected chi connectivity index (χ1v) is 9.28. The van der Waals surface area contributed by atoms with E-state index in [2.05, 4.69) is 25.5 Å². The molecule has 1 atom stereocenters. The third kappa shape index (κ3) is 3.75. The van der Waals surface area contributed by atoms with Crippen LogP contribution < -0.4 is 5.32 Å². The average molecular weight is 381 g/mol. The number of nitrogens with one attached hydrogen (secondary N) is 2. The first-order valence-electron chi connectivity index (χ1n) is 8.40. The molecular formula is C19H16FN5OS. The number of nitrogens with zero attached hydrogens (tertiary/aromatic N) is 3. The molecule has 4 rings (SSSR count). The molecule has 136 valence electrons. The molecule has 2 heterocycles. The van der Waals surface area contributed by atoms with E-state index in [-0.39, 0.29) is 11.7 Å². The quantitative estimate of drug-likeness (QED) is 0.518. The van der Waals surface area contributed by atoms with Crippen LogP contribution >= 0.6 is 11.8 Å². The fraction of sp³-hybridized carbons (Fsp3) is 0.158. The van der Waals surface area contributed by atoms with Gasteiger partial charge in [0.15, 0.2) is 5.65 Å². The number of aromatic nitrogens is 4. The first kappa shape index (κ1) is 17.4. The molecule has 2 aromatic carbocycles. The number of hydrogen-bond donors (Lipinski definition) is 2. The highest BCUT2D eigenvalue weighted by Crippen LogP contribution is 2.25. The maximum Gasteiger partial charge on any atom is 0.233 e. The number of benzene rings is 2. The number of carbonyl (C=O) groups excluding carboxylic acids is 1. The zero-order valence-electron chi connectivity index (χ0n) is 14.4. The molecule has 0 saturated heterocycles. The molecule has 0 bridgehead atoms. The second-order valence-electron chi connectivity index (χ2n) is 6.07. The van der Waals surface area contributed by atoms with Crippen molar-refractivity contribution in [3.05, 3.63) is 59.9 Å². The summed E-state index contributed by atoms with van der Waals surface area (Å²) in [7, 11) is 0. The highest BCUT2D eigenvalue weighted by atomic mass is 32.2. The predicted octanol–water partition coefficient (Wildman–Crippen LogP) is 3.44. The van der Waals surface area contributed by atoms with Crippen molar-refractivity contribution >= 4 is 39.7 Å². The first-order chi connectivity index (χ1) is 13.1. The van der Waals surface area contributed by atoms with E-state index in [1.807, 2.05) is 24.3 Å². The molecule has 0 fully saturated rings. The van der Waals surface area contributed by atoms with Crippen LogP contribution in [0, 0.1) is 5.82 Å². The zero-order chi connectivity index (χ0) is 18.8. The van der Waals surface area contributed by atoms with Crippen LogP contribution in [0.2, 0.25) is 0 Å². The number of amides is 1. The second kappa shape index (κ2) is 7.32.